The van der Waals surface area contributed by atoms with Crippen molar-refractivity contribution in [1.29, 1.82) is 0 Å². The highest BCUT2D eigenvalue weighted by Crippen LogP contribution is 2.19. The topological polar surface area (TPSA) is 88.5 Å². The highest BCUT2D eigenvalue weighted by atomic mass is 32.1. The second-order valence-electron chi connectivity index (χ2n) is 4.65. The maximum Gasteiger partial charge on any atom is 0.500 e. The molecule has 9 heteroatoms. The number of hydrogen-bond donors (Lipinski definition) is 3. The van der Waals surface area contributed by atoms with Crippen LogP contribution in [0, 0.1) is 0 Å². The van der Waals surface area contributed by atoms with E-state index in [1.54, 1.807) is 0 Å². The first-order valence-electron chi connectivity index (χ1n) is 7.63. The van der Waals surface area contributed by atoms with Gasteiger partial charge >= 0.3 is 8.80 Å². The van der Waals surface area contributed by atoms with E-state index in [-0.39, 0.29) is 6.54 Å². The lowest BCUT2D eigenvalue weighted by Crippen LogP contribution is -2.46. The monoisotopic (exact) mass is 355 g/mol. The van der Waals surface area contributed by atoms with E-state index in [2.05, 4.69) is 12.6 Å². The minimum atomic E-state index is -2.72. The Labute approximate surface area is 139 Å². The van der Waals surface area contributed by atoms with Crippen LogP contribution in [0.1, 0.15) is 27.2 Å². The molecule has 0 rings (SSSR count). The third-order valence-corrected chi connectivity index (χ3v) is 6.35. The highest BCUT2D eigenvalue weighted by molar-refractivity contribution is 7.96. The summed E-state index contributed by atoms with van der Waals surface area (Å²) in [7, 11) is -2.72. The molecular weight excluding hydrogens is 326 g/mol. The fourth-order valence-electron chi connectivity index (χ4n) is 2.06. The Morgan fingerprint density at radius 3 is 2.05 bits per heavy atom. The van der Waals surface area contributed by atoms with Gasteiger partial charge < -0.3 is 28.4 Å². The minimum Gasteiger partial charge on any atom is -0.394 e. The summed E-state index contributed by atoms with van der Waals surface area (Å²) < 4.78 is 17.2. The van der Waals surface area contributed by atoms with Gasteiger partial charge in [-0.3, -0.25) is 4.79 Å². The largest absolute Gasteiger partial charge is 0.500 e. The quantitative estimate of drug-likeness (QED) is 0.339. The molecule has 0 aliphatic carbocycles. The maximum atomic E-state index is 11.4. The van der Waals surface area contributed by atoms with Gasteiger partial charge in [-0.15, -0.1) is 0 Å². The predicted molar refractivity (Wildman–Crippen MR) is 89.1 cm³/mol. The average Bonchev–Trinajstić information content (AvgIpc) is 2.46. The number of hydrogen-bond acceptors (Lipinski definition) is 6. The second kappa shape index (κ2) is 12.3. The SMILES string of the molecule is CCO[Si](CCCN(CC(O)CO)C(=O)S)(OCC)OCC. The van der Waals surface area contributed by atoms with Crippen LogP contribution < -0.4 is 0 Å². The Hall–Kier alpha value is -0.163. The van der Waals surface area contributed by atoms with E-state index in [1.165, 1.54) is 4.90 Å². The van der Waals surface area contributed by atoms with Gasteiger partial charge in [-0.05, 0) is 27.2 Å². The first-order chi connectivity index (χ1) is 10.4. The molecule has 0 fully saturated rings. The molecule has 0 aliphatic heterocycles. The van der Waals surface area contributed by atoms with Gasteiger partial charge in [-0.25, -0.2) is 0 Å². The number of aliphatic hydroxyl groups excluding tert-OH is 2. The third-order valence-electron chi connectivity index (χ3n) is 2.92. The van der Waals surface area contributed by atoms with Gasteiger partial charge in [-0.1, -0.05) is 12.6 Å². The van der Waals surface area contributed by atoms with Gasteiger partial charge in [0.25, 0.3) is 5.24 Å². The van der Waals surface area contributed by atoms with Crippen molar-refractivity contribution in [2.24, 2.45) is 0 Å². The van der Waals surface area contributed by atoms with Gasteiger partial charge in [0, 0.05) is 39.0 Å². The summed E-state index contributed by atoms with van der Waals surface area (Å²) in [6.45, 7) is 7.22. The maximum absolute atomic E-state index is 11.4. The van der Waals surface area contributed by atoms with Gasteiger partial charge in [0.15, 0.2) is 0 Å². The van der Waals surface area contributed by atoms with E-state index < -0.39 is 26.8 Å². The Kier molecular flexibility index (Phi) is 12.2. The first kappa shape index (κ1) is 21.8. The molecule has 0 aromatic rings. The van der Waals surface area contributed by atoms with E-state index in [1.807, 2.05) is 20.8 Å². The van der Waals surface area contributed by atoms with E-state index in [0.717, 1.165) is 0 Å². The smallest absolute Gasteiger partial charge is 0.394 e. The molecule has 132 valence electrons. The zero-order chi connectivity index (χ0) is 17.0. The van der Waals surface area contributed by atoms with Crippen molar-refractivity contribution in [1.82, 2.24) is 4.90 Å². The summed E-state index contributed by atoms with van der Waals surface area (Å²) in [5.74, 6) is 0. The molecule has 0 bridgehead atoms. The third kappa shape index (κ3) is 8.46. The number of rotatable bonds is 13. The van der Waals surface area contributed by atoms with Gasteiger partial charge in [0.05, 0.1) is 12.7 Å². The van der Waals surface area contributed by atoms with Crippen LogP contribution in [-0.2, 0) is 13.3 Å². The van der Waals surface area contributed by atoms with Crippen LogP contribution >= 0.6 is 12.6 Å². The lowest BCUT2D eigenvalue weighted by Gasteiger charge is -2.29. The summed E-state index contributed by atoms with van der Waals surface area (Å²) in [4.78, 5) is 12.8. The number of aliphatic hydroxyl groups is 2. The predicted octanol–water partition coefficient (Wildman–Crippen LogP) is 1.13. The van der Waals surface area contributed by atoms with Gasteiger partial charge in [0.1, 0.15) is 0 Å². The van der Waals surface area contributed by atoms with Crippen LogP contribution in [0.25, 0.3) is 0 Å². The van der Waals surface area contributed by atoms with E-state index in [9.17, 15) is 9.90 Å². The van der Waals surface area contributed by atoms with Crippen LogP contribution in [0.3, 0.4) is 0 Å². The van der Waals surface area contributed by atoms with Crippen molar-refractivity contribution in [3.63, 3.8) is 0 Å². The van der Waals surface area contributed by atoms with Gasteiger partial charge in [-0.2, -0.15) is 0 Å². The molecule has 22 heavy (non-hydrogen) atoms. The van der Waals surface area contributed by atoms with Gasteiger partial charge in [0.2, 0.25) is 0 Å². The fraction of sp³-hybridized carbons (Fsp3) is 0.923. The molecular formula is C13H29NO6SSi. The molecule has 7 nitrogen and oxygen atoms in total. The number of carbonyl (C=O) groups excluding carboxylic acids is 1. The molecule has 0 saturated heterocycles. The zero-order valence-electron chi connectivity index (χ0n) is 13.7. The Morgan fingerprint density at radius 1 is 1.18 bits per heavy atom. The molecule has 1 amide bonds. The summed E-state index contributed by atoms with van der Waals surface area (Å²) in [6.07, 6.45) is -0.361. The molecule has 0 heterocycles. The van der Waals surface area contributed by atoms with Crippen molar-refractivity contribution in [3.8, 4) is 0 Å². The Bertz CT molecular complexity index is 293. The number of thiol groups is 1. The summed E-state index contributed by atoms with van der Waals surface area (Å²) in [6, 6.07) is 0.579. The number of carbonyl (C=O) groups is 1. The van der Waals surface area contributed by atoms with Crippen LogP contribution in [0.4, 0.5) is 4.79 Å². The number of nitrogens with zero attached hydrogens (tertiary/aromatic N) is 1. The van der Waals surface area contributed by atoms with Crippen molar-refractivity contribution < 1.29 is 28.3 Å². The number of amides is 1. The lowest BCUT2D eigenvalue weighted by atomic mass is 10.3. The molecule has 0 saturated carbocycles. The zero-order valence-corrected chi connectivity index (χ0v) is 15.6. The van der Waals surface area contributed by atoms with E-state index in [0.29, 0.717) is 38.8 Å². The van der Waals surface area contributed by atoms with Crippen molar-refractivity contribution in [3.05, 3.63) is 0 Å². The second-order valence-corrected chi connectivity index (χ2v) is 7.77. The molecule has 0 aromatic carbocycles. The Balaban J connectivity index is 4.57. The molecule has 0 radical (unpaired) electrons. The van der Waals surface area contributed by atoms with Crippen LogP contribution in [0.2, 0.25) is 6.04 Å². The summed E-state index contributed by atoms with van der Waals surface area (Å²) >= 11 is 3.79. The standard InChI is InChI=1S/C13H29NO6SSi/c1-4-18-22(19-5-2,20-6-3)9-7-8-14(13(17)21)10-12(16)11-15/h12,15-16H,4-11H2,1-3H3,(H,17,21). The fourth-order valence-corrected chi connectivity index (χ4v) is 4.84. The van der Waals surface area contributed by atoms with E-state index >= 15 is 0 Å². The molecule has 1 unspecified atom stereocenters. The Morgan fingerprint density at radius 2 is 1.68 bits per heavy atom. The van der Waals surface area contributed by atoms with Crippen molar-refractivity contribution in [2.75, 3.05) is 39.5 Å². The highest BCUT2D eigenvalue weighted by Gasteiger charge is 2.39. The van der Waals surface area contributed by atoms with Crippen LogP contribution in [-0.4, -0.2) is 74.8 Å². The van der Waals surface area contributed by atoms with E-state index in [4.69, 9.17) is 18.4 Å². The normalized spacial score (nSPS) is 13.2. The summed E-state index contributed by atoms with van der Waals surface area (Å²) in [5, 5.41) is 17.9. The average molecular weight is 356 g/mol. The lowest BCUT2D eigenvalue weighted by molar-refractivity contribution is 0.0648. The van der Waals surface area contributed by atoms with Crippen LogP contribution in [0.15, 0.2) is 0 Å². The minimum absolute atomic E-state index is 0.0469. The molecule has 0 spiro atoms. The first-order valence-corrected chi connectivity index (χ1v) is 10.0. The molecule has 2 N–H and O–H groups in total. The molecule has 0 aromatic heterocycles. The van der Waals surface area contributed by atoms with Crippen molar-refractivity contribution >= 4 is 26.7 Å². The van der Waals surface area contributed by atoms with Crippen molar-refractivity contribution in [2.45, 2.75) is 39.3 Å². The van der Waals surface area contributed by atoms with Crippen LogP contribution in [0.5, 0.6) is 0 Å². The summed E-state index contributed by atoms with van der Waals surface area (Å²) in [5.41, 5.74) is 0. The molecule has 0 aliphatic rings. The molecule has 1 atom stereocenters.